The van der Waals surface area contributed by atoms with Crippen LogP contribution in [0.1, 0.15) is 0 Å². The number of aromatic hydroxyl groups is 2. The van der Waals surface area contributed by atoms with Gasteiger partial charge in [-0.1, -0.05) is 0 Å². The van der Waals surface area contributed by atoms with E-state index in [1.807, 2.05) is 0 Å². The van der Waals surface area contributed by atoms with Crippen molar-refractivity contribution in [2.24, 2.45) is 0 Å². The Balaban J connectivity index is 3.99. The summed E-state index contributed by atoms with van der Waals surface area (Å²) in [7, 11) is 0. The minimum Gasteiger partial charge on any atom is -0.497 e. The molecule has 0 aliphatic rings. The van der Waals surface area contributed by atoms with Crippen LogP contribution in [0, 0.1) is 30.3 Å². The average Bonchev–Trinajstić information content (AvgIpc) is 2.25. The van der Waals surface area contributed by atoms with Gasteiger partial charge in [-0.25, -0.2) is 5.54 Å². The lowest BCUT2D eigenvalue weighted by atomic mass is 10.1. The molecule has 19 heavy (non-hydrogen) atoms. The highest BCUT2D eigenvalue weighted by molar-refractivity contribution is 5.88. The van der Waals surface area contributed by atoms with E-state index in [1.165, 1.54) is 0 Å². The first-order chi connectivity index (χ1) is 8.73. The second-order valence-corrected chi connectivity index (χ2v) is 2.98. The second kappa shape index (κ2) is 4.55. The molecule has 0 aliphatic carbocycles. The van der Waals surface area contributed by atoms with Gasteiger partial charge in [0.25, 0.3) is 11.5 Å². The molecule has 0 radical (unpaired) electrons. The number of nitro benzene ring substituents is 3. The van der Waals surface area contributed by atoms with Crippen molar-refractivity contribution in [3.63, 3.8) is 0 Å². The second-order valence-electron chi connectivity index (χ2n) is 2.98. The first kappa shape index (κ1) is 13.8. The van der Waals surface area contributed by atoms with E-state index in [0.29, 0.717) is 5.54 Å². The van der Waals surface area contributed by atoms with Crippen molar-refractivity contribution in [3.05, 3.63) is 30.3 Å². The number of hydrogen-bond acceptors (Lipinski definition) is 9. The van der Waals surface area contributed by atoms with Crippen LogP contribution < -0.4 is 5.54 Å². The third kappa shape index (κ3) is 1.99. The molecular weight excluding hydrogens is 275 g/mol. The number of phenols is 2. The van der Waals surface area contributed by atoms with E-state index in [2.05, 4.69) is 0 Å². The largest absolute Gasteiger partial charge is 0.497 e. The van der Waals surface area contributed by atoms with Crippen molar-refractivity contribution in [2.75, 3.05) is 5.54 Å². The van der Waals surface area contributed by atoms with E-state index in [0.717, 1.165) is 0 Å². The molecule has 0 saturated carbocycles. The van der Waals surface area contributed by atoms with Crippen LogP contribution in [0.25, 0.3) is 0 Å². The number of nitrogens with zero attached hydrogens (tertiary/aromatic N) is 3. The first-order valence-electron chi connectivity index (χ1n) is 4.15. The number of rotatable bonds is 4. The van der Waals surface area contributed by atoms with E-state index >= 15 is 0 Å². The van der Waals surface area contributed by atoms with Gasteiger partial charge in [0.2, 0.25) is 5.69 Å². The topological polar surface area (TPSA) is 182 Å². The highest BCUT2D eigenvalue weighted by atomic mass is 19.2. The molecule has 0 heterocycles. The zero-order chi connectivity index (χ0) is 14.9. The van der Waals surface area contributed by atoms with Crippen molar-refractivity contribution >= 4 is 22.7 Å². The van der Waals surface area contributed by atoms with E-state index in [-0.39, 0.29) is 0 Å². The molecule has 0 atom stereocenters. The zero-order valence-electron chi connectivity index (χ0n) is 8.56. The predicted octanol–water partition coefficient (Wildman–Crippen LogP) is 1.12. The maximum Gasteiger partial charge on any atom is 0.366 e. The summed E-state index contributed by atoms with van der Waals surface area (Å²) in [5, 5.41) is 50.2. The molecule has 0 fully saturated rings. The fourth-order valence-corrected chi connectivity index (χ4v) is 1.30. The molecule has 1 aromatic carbocycles. The number of anilines is 1. The number of benzene rings is 1. The Labute approximate surface area is 101 Å². The summed E-state index contributed by atoms with van der Waals surface area (Å²) in [6.45, 7) is 0. The predicted molar refractivity (Wildman–Crippen MR) is 54.5 cm³/mol. The summed E-state index contributed by atoms with van der Waals surface area (Å²) < 4.78 is 12.4. The van der Waals surface area contributed by atoms with Gasteiger partial charge in [0.15, 0.2) is 0 Å². The maximum absolute atomic E-state index is 12.4. The summed E-state index contributed by atoms with van der Waals surface area (Å²) in [6, 6.07) is 0. The molecule has 1 rings (SSSR count). The zero-order valence-corrected chi connectivity index (χ0v) is 8.56. The van der Waals surface area contributed by atoms with Gasteiger partial charge in [-0.05, 0) is 0 Å². The van der Waals surface area contributed by atoms with Gasteiger partial charge in [-0.15, -0.1) is 4.48 Å². The fraction of sp³-hybridized carbons (Fsp3) is 0. The summed E-state index contributed by atoms with van der Waals surface area (Å²) in [4.78, 5) is 27.2. The van der Waals surface area contributed by atoms with Gasteiger partial charge in [0.1, 0.15) is 0 Å². The Morgan fingerprint density at radius 2 is 1.16 bits per heavy atom. The highest BCUT2D eigenvalue weighted by Gasteiger charge is 2.43. The van der Waals surface area contributed by atoms with Gasteiger partial charge in [0.05, 0.1) is 14.8 Å². The molecule has 1 aromatic rings. The van der Waals surface area contributed by atoms with Crippen LogP contribution in [0.5, 0.6) is 11.5 Å². The minimum absolute atomic E-state index is 0.549. The van der Waals surface area contributed by atoms with Gasteiger partial charge >= 0.3 is 17.1 Å². The lowest BCUT2D eigenvalue weighted by Gasteiger charge is -2.05. The maximum atomic E-state index is 12.4. The van der Waals surface area contributed by atoms with E-state index < -0.39 is 49.0 Å². The highest BCUT2D eigenvalue weighted by Crippen LogP contribution is 2.54. The Morgan fingerprint density at radius 1 is 0.842 bits per heavy atom. The smallest absolute Gasteiger partial charge is 0.366 e. The normalized spacial score (nSPS) is 9.95. The summed E-state index contributed by atoms with van der Waals surface area (Å²) in [5.74, 6) is -3.42. The molecule has 13 heteroatoms. The van der Waals surface area contributed by atoms with Gasteiger partial charge < -0.3 is 10.2 Å². The SMILES string of the molecule is O=[N+]([O-])c1c(O)c([N+](=O)[O-])c(NF)c([N+](=O)[O-])c1O. The molecule has 0 saturated heterocycles. The van der Waals surface area contributed by atoms with Crippen LogP contribution in [-0.2, 0) is 0 Å². The van der Waals surface area contributed by atoms with Crippen molar-refractivity contribution in [1.82, 2.24) is 0 Å². The van der Waals surface area contributed by atoms with E-state index in [9.17, 15) is 45.0 Å². The van der Waals surface area contributed by atoms with Crippen LogP contribution in [0.3, 0.4) is 0 Å². The van der Waals surface area contributed by atoms with E-state index in [1.54, 1.807) is 0 Å². The number of nitro groups is 3. The summed E-state index contributed by atoms with van der Waals surface area (Å²) in [6.07, 6.45) is 0. The molecule has 3 N–H and O–H groups in total. The van der Waals surface area contributed by atoms with Crippen molar-refractivity contribution in [2.45, 2.75) is 0 Å². The van der Waals surface area contributed by atoms with Crippen molar-refractivity contribution < 1.29 is 29.5 Å². The molecule has 0 bridgehead atoms. The number of hydrogen-bond donors (Lipinski definition) is 3. The van der Waals surface area contributed by atoms with Crippen LogP contribution in [-0.4, -0.2) is 25.0 Å². The minimum atomic E-state index is -1.71. The molecule has 0 unspecified atom stereocenters. The quantitative estimate of drug-likeness (QED) is 0.412. The van der Waals surface area contributed by atoms with Crippen molar-refractivity contribution in [3.8, 4) is 11.5 Å². The van der Waals surface area contributed by atoms with Crippen molar-refractivity contribution in [1.29, 1.82) is 0 Å². The molecule has 12 nitrogen and oxygen atoms in total. The third-order valence-corrected chi connectivity index (χ3v) is 2.01. The van der Waals surface area contributed by atoms with Crippen LogP contribution in [0.2, 0.25) is 0 Å². The molecule has 0 aromatic heterocycles. The Hall–Kier alpha value is -3.25. The molecule has 0 spiro atoms. The Morgan fingerprint density at radius 3 is 1.37 bits per heavy atom. The monoisotopic (exact) mass is 278 g/mol. The van der Waals surface area contributed by atoms with Crippen LogP contribution in [0.15, 0.2) is 0 Å². The number of nitrogens with one attached hydrogen (secondary N) is 1. The molecular formula is C6H3FN4O8. The van der Waals surface area contributed by atoms with Crippen LogP contribution in [0.4, 0.5) is 27.2 Å². The standard InChI is InChI=1S/C6H3FN4O8/c7-8-1-2(9(14)15)5(12)4(11(18)19)6(13)3(1)10(16)17/h8,12-13H. The van der Waals surface area contributed by atoms with Gasteiger partial charge in [0, 0.05) is 0 Å². The number of halogens is 1. The van der Waals surface area contributed by atoms with E-state index in [4.69, 9.17) is 0 Å². The van der Waals surface area contributed by atoms with Crippen LogP contribution >= 0.6 is 0 Å². The van der Waals surface area contributed by atoms with Gasteiger partial charge in [-0.2, -0.15) is 0 Å². The number of phenolic OH excluding ortho intramolecular Hbond substituents is 2. The first-order valence-corrected chi connectivity index (χ1v) is 4.15. The summed E-state index contributed by atoms with van der Waals surface area (Å²) in [5.41, 5.74) is -5.90. The Bertz CT molecular complexity index is 560. The molecule has 102 valence electrons. The molecule has 0 aliphatic heterocycles. The lowest BCUT2D eigenvalue weighted by molar-refractivity contribution is -0.404. The Kier molecular flexibility index (Phi) is 3.31. The lowest BCUT2D eigenvalue weighted by Crippen LogP contribution is -2.03. The summed E-state index contributed by atoms with van der Waals surface area (Å²) >= 11 is 0. The van der Waals surface area contributed by atoms with Gasteiger partial charge in [-0.3, -0.25) is 30.3 Å². The molecule has 0 amide bonds. The third-order valence-electron chi connectivity index (χ3n) is 2.01. The fourth-order valence-electron chi connectivity index (χ4n) is 1.30. The average molecular weight is 278 g/mol.